The molecular weight excluding hydrogens is 312 g/mol. The van der Waals surface area contributed by atoms with Gasteiger partial charge in [0.15, 0.2) is 0 Å². The Bertz CT molecular complexity index is 663. The molecule has 0 atom stereocenters. The lowest BCUT2D eigenvalue weighted by molar-refractivity contribution is -0.116. The van der Waals surface area contributed by atoms with E-state index in [4.69, 9.17) is 0 Å². The van der Waals surface area contributed by atoms with Crippen LogP contribution in [-0.4, -0.2) is 31.7 Å². The van der Waals surface area contributed by atoms with Crippen molar-refractivity contribution >= 4 is 21.6 Å². The number of aryl methyl sites for hydroxylation is 1. The lowest BCUT2D eigenvalue weighted by atomic mass is 10.1. The zero-order valence-electron chi connectivity index (χ0n) is 14.9. The molecular formula is C17H28N2O3S. The molecule has 0 heterocycles. The minimum absolute atomic E-state index is 0.0973. The van der Waals surface area contributed by atoms with Crippen molar-refractivity contribution in [2.45, 2.75) is 52.9 Å². The Morgan fingerprint density at radius 1 is 1.17 bits per heavy atom. The Balaban J connectivity index is 3.26. The number of carbonyl (C=O) groups is 1. The van der Waals surface area contributed by atoms with Crippen LogP contribution in [0.25, 0.3) is 0 Å². The fraction of sp³-hybridized carbons (Fsp3) is 0.588. The van der Waals surface area contributed by atoms with E-state index in [9.17, 15) is 13.2 Å². The van der Waals surface area contributed by atoms with Gasteiger partial charge in [0.25, 0.3) is 0 Å². The first-order valence-electron chi connectivity index (χ1n) is 8.04. The van der Waals surface area contributed by atoms with Gasteiger partial charge in [-0.15, -0.1) is 0 Å². The molecule has 5 nitrogen and oxygen atoms in total. The highest BCUT2D eigenvalue weighted by molar-refractivity contribution is 7.89. The molecule has 0 aliphatic heterocycles. The number of rotatable bonds is 7. The number of carbonyl (C=O) groups excluding carboxylic acids is 1. The van der Waals surface area contributed by atoms with Crippen LogP contribution in [0.2, 0.25) is 0 Å². The van der Waals surface area contributed by atoms with Crippen LogP contribution in [0.3, 0.4) is 0 Å². The van der Waals surface area contributed by atoms with Crippen LogP contribution in [0.15, 0.2) is 17.0 Å². The van der Waals surface area contributed by atoms with E-state index in [1.165, 1.54) is 4.31 Å². The summed E-state index contributed by atoms with van der Waals surface area (Å²) in [5.41, 5.74) is 2.31. The fourth-order valence-corrected chi connectivity index (χ4v) is 3.96. The number of nitrogens with zero attached hydrogens (tertiary/aromatic N) is 1. The Morgan fingerprint density at radius 2 is 1.74 bits per heavy atom. The minimum Gasteiger partial charge on any atom is -0.326 e. The monoisotopic (exact) mass is 340 g/mol. The van der Waals surface area contributed by atoms with Crippen molar-refractivity contribution in [1.29, 1.82) is 0 Å². The van der Waals surface area contributed by atoms with Crippen LogP contribution >= 0.6 is 0 Å². The molecule has 0 spiro atoms. The highest BCUT2D eigenvalue weighted by Crippen LogP contribution is 2.26. The van der Waals surface area contributed by atoms with Gasteiger partial charge in [0, 0.05) is 25.2 Å². The van der Waals surface area contributed by atoms with Gasteiger partial charge >= 0.3 is 0 Å². The standard InChI is InChI=1S/C17H28N2O3S/c1-7-19(8-2)23(21,22)15-10-13(5)14(6)16(11-15)18-17(20)9-12(3)4/h10-12H,7-9H2,1-6H3,(H,18,20). The smallest absolute Gasteiger partial charge is 0.243 e. The van der Waals surface area contributed by atoms with Crippen LogP contribution in [-0.2, 0) is 14.8 Å². The number of amides is 1. The molecule has 0 radical (unpaired) electrons. The van der Waals surface area contributed by atoms with E-state index in [0.717, 1.165) is 11.1 Å². The normalized spacial score (nSPS) is 12.0. The second-order valence-electron chi connectivity index (χ2n) is 6.15. The van der Waals surface area contributed by atoms with Crippen LogP contribution < -0.4 is 5.32 Å². The third-order valence-corrected chi connectivity index (χ3v) is 5.88. The van der Waals surface area contributed by atoms with Gasteiger partial charge in [0.05, 0.1) is 4.90 Å². The van der Waals surface area contributed by atoms with Gasteiger partial charge in [0.1, 0.15) is 0 Å². The molecule has 0 unspecified atom stereocenters. The third kappa shape index (κ3) is 4.78. The topological polar surface area (TPSA) is 66.5 Å². The summed E-state index contributed by atoms with van der Waals surface area (Å²) in [4.78, 5) is 12.2. The van der Waals surface area contributed by atoms with Gasteiger partial charge in [-0.25, -0.2) is 8.42 Å². The average molecular weight is 340 g/mol. The van der Waals surface area contributed by atoms with Gasteiger partial charge in [-0.05, 0) is 43.0 Å². The number of nitrogens with one attached hydrogen (secondary N) is 1. The van der Waals surface area contributed by atoms with E-state index in [0.29, 0.717) is 25.2 Å². The summed E-state index contributed by atoms with van der Waals surface area (Å²) < 4.78 is 26.8. The summed E-state index contributed by atoms with van der Waals surface area (Å²) in [5, 5.41) is 2.85. The van der Waals surface area contributed by atoms with Crippen LogP contribution in [0.4, 0.5) is 5.69 Å². The SMILES string of the molecule is CCN(CC)S(=O)(=O)c1cc(C)c(C)c(NC(=O)CC(C)C)c1. The van der Waals surface area contributed by atoms with Crippen molar-refractivity contribution in [3.63, 3.8) is 0 Å². The number of benzene rings is 1. The van der Waals surface area contributed by atoms with Crippen molar-refractivity contribution in [3.05, 3.63) is 23.3 Å². The molecule has 1 aromatic carbocycles. The van der Waals surface area contributed by atoms with Crippen LogP contribution in [0.1, 0.15) is 45.2 Å². The molecule has 0 saturated heterocycles. The Hall–Kier alpha value is -1.40. The maximum absolute atomic E-state index is 12.7. The second-order valence-corrected chi connectivity index (χ2v) is 8.09. The maximum Gasteiger partial charge on any atom is 0.243 e. The molecule has 130 valence electrons. The minimum atomic E-state index is -3.54. The fourth-order valence-electron chi connectivity index (χ4n) is 2.39. The van der Waals surface area contributed by atoms with Crippen LogP contribution in [0, 0.1) is 19.8 Å². The van der Waals surface area contributed by atoms with Gasteiger partial charge in [0.2, 0.25) is 15.9 Å². The Morgan fingerprint density at radius 3 is 2.22 bits per heavy atom. The molecule has 0 fully saturated rings. The highest BCUT2D eigenvalue weighted by Gasteiger charge is 2.23. The van der Waals surface area contributed by atoms with E-state index < -0.39 is 10.0 Å². The summed E-state index contributed by atoms with van der Waals surface area (Å²) in [6.45, 7) is 12.1. The lowest BCUT2D eigenvalue weighted by Crippen LogP contribution is -2.30. The number of anilines is 1. The Kier molecular flexibility index (Phi) is 6.77. The summed E-state index contributed by atoms with van der Waals surface area (Å²) in [6, 6.07) is 3.23. The molecule has 6 heteroatoms. The van der Waals surface area contributed by atoms with Gasteiger partial charge in [-0.1, -0.05) is 27.7 Å². The number of sulfonamides is 1. The quantitative estimate of drug-likeness (QED) is 0.828. The first-order chi connectivity index (χ1) is 10.6. The first kappa shape index (κ1) is 19.6. The molecule has 1 N–H and O–H groups in total. The molecule has 0 bridgehead atoms. The molecule has 0 aliphatic rings. The van der Waals surface area contributed by atoms with Gasteiger partial charge in [-0.2, -0.15) is 4.31 Å². The van der Waals surface area contributed by atoms with Crippen molar-refractivity contribution < 1.29 is 13.2 Å². The van der Waals surface area contributed by atoms with E-state index in [1.54, 1.807) is 12.1 Å². The van der Waals surface area contributed by atoms with E-state index in [-0.39, 0.29) is 16.7 Å². The van der Waals surface area contributed by atoms with Crippen molar-refractivity contribution in [3.8, 4) is 0 Å². The molecule has 1 rings (SSSR count). The molecule has 0 aliphatic carbocycles. The third-order valence-electron chi connectivity index (χ3n) is 3.85. The summed E-state index contributed by atoms with van der Waals surface area (Å²) >= 11 is 0. The van der Waals surface area contributed by atoms with Crippen molar-refractivity contribution in [2.24, 2.45) is 5.92 Å². The lowest BCUT2D eigenvalue weighted by Gasteiger charge is -2.20. The molecule has 1 amide bonds. The summed E-state index contributed by atoms with van der Waals surface area (Å²) in [7, 11) is -3.54. The zero-order chi connectivity index (χ0) is 17.8. The predicted octanol–water partition coefficient (Wildman–Crippen LogP) is 3.32. The zero-order valence-corrected chi connectivity index (χ0v) is 15.8. The average Bonchev–Trinajstić information content (AvgIpc) is 2.43. The number of hydrogen-bond donors (Lipinski definition) is 1. The van der Waals surface area contributed by atoms with E-state index >= 15 is 0 Å². The molecule has 23 heavy (non-hydrogen) atoms. The summed E-state index contributed by atoms with van der Waals surface area (Å²) in [6.07, 6.45) is 0.408. The predicted molar refractivity (Wildman–Crippen MR) is 94.1 cm³/mol. The largest absolute Gasteiger partial charge is 0.326 e. The van der Waals surface area contributed by atoms with E-state index in [1.807, 2.05) is 41.5 Å². The number of hydrogen-bond acceptors (Lipinski definition) is 3. The first-order valence-corrected chi connectivity index (χ1v) is 9.48. The molecule has 0 aromatic heterocycles. The molecule has 1 aromatic rings. The van der Waals surface area contributed by atoms with E-state index in [2.05, 4.69) is 5.32 Å². The maximum atomic E-state index is 12.7. The van der Waals surface area contributed by atoms with Gasteiger partial charge in [-0.3, -0.25) is 4.79 Å². The second kappa shape index (κ2) is 7.93. The highest BCUT2D eigenvalue weighted by atomic mass is 32.2. The Labute approximate surface area is 140 Å². The van der Waals surface area contributed by atoms with Crippen molar-refractivity contribution in [2.75, 3.05) is 18.4 Å². The van der Waals surface area contributed by atoms with Crippen LogP contribution in [0.5, 0.6) is 0 Å². The van der Waals surface area contributed by atoms with Gasteiger partial charge < -0.3 is 5.32 Å². The summed E-state index contributed by atoms with van der Waals surface area (Å²) in [5.74, 6) is 0.152. The molecule has 0 saturated carbocycles. The van der Waals surface area contributed by atoms with Crippen molar-refractivity contribution in [1.82, 2.24) is 4.31 Å².